The maximum atomic E-state index is 5.43. The first-order valence-electron chi connectivity index (χ1n) is 3.61. The van der Waals surface area contributed by atoms with Crippen molar-refractivity contribution in [2.24, 2.45) is 5.73 Å². The molecule has 1 fully saturated rings. The summed E-state index contributed by atoms with van der Waals surface area (Å²) in [4.78, 5) is 0. The van der Waals surface area contributed by atoms with Crippen LogP contribution >= 0.6 is 12.2 Å². The molecule has 58 valence electrons. The maximum absolute atomic E-state index is 5.43. The minimum Gasteiger partial charge on any atom is -0.375 e. The van der Waals surface area contributed by atoms with Crippen molar-refractivity contribution < 1.29 is 0 Å². The summed E-state index contributed by atoms with van der Waals surface area (Å²) in [5.74, 6) is 0. The Morgan fingerprint density at radius 1 is 1.40 bits per heavy atom. The number of nitrogens with two attached hydrogens (primary N) is 1. The molecular formula is C6H13N3S. The Kier molecular flexibility index (Phi) is 2.89. The molecule has 3 nitrogen and oxygen atoms in total. The highest BCUT2D eigenvalue weighted by Gasteiger charge is 2.07. The Labute approximate surface area is 66.5 Å². The lowest BCUT2D eigenvalue weighted by molar-refractivity contribution is 0.332. The van der Waals surface area contributed by atoms with E-state index in [2.05, 4.69) is 5.43 Å². The molecule has 0 spiro atoms. The molecular weight excluding hydrogens is 146 g/mol. The fourth-order valence-electron chi connectivity index (χ4n) is 1.05. The van der Waals surface area contributed by atoms with Gasteiger partial charge in [-0.05, 0) is 25.1 Å². The highest BCUT2D eigenvalue weighted by Crippen LogP contribution is 2.00. The Hall–Kier alpha value is -0.350. The first kappa shape index (κ1) is 7.75. The highest BCUT2D eigenvalue weighted by molar-refractivity contribution is 7.80. The van der Waals surface area contributed by atoms with Crippen molar-refractivity contribution >= 4 is 17.3 Å². The zero-order chi connectivity index (χ0) is 7.40. The molecule has 4 heteroatoms. The molecule has 3 N–H and O–H groups in total. The predicted octanol–water partition coefficient (Wildman–Crippen LogP) is 0.221. The molecule has 0 aromatic rings. The van der Waals surface area contributed by atoms with Gasteiger partial charge in [0.2, 0.25) is 0 Å². The van der Waals surface area contributed by atoms with Gasteiger partial charge in [0.15, 0.2) is 5.11 Å². The molecule has 0 radical (unpaired) electrons. The van der Waals surface area contributed by atoms with E-state index in [4.69, 9.17) is 18.0 Å². The SMILES string of the molecule is NC(=S)N1CCCCCN1. The largest absolute Gasteiger partial charge is 0.375 e. The van der Waals surface area contributed by atoms with Gasteiger partial charge in [-0.3, -0.25) is 5.01 Å². The van der Waals surface area contributed by atoms with E-state index in [1.165, 1.54) is 19.3 Å². The highest BCUT2D eigenvalue weighted by atomic mass is 32.1. The summed E-state index contributed by atoms with van der Waals surface area (Å²) in [5.41, 5.74) is 8.58. The Bertz CT molecular complexity index is 118. The van der Waals surface area contributed by atoms with Gasteiger partial charge in [0, 0.05) is 13.1 Å². The number of hydrogen-bond acceptors (Lipinski definition) is 2. The van der Waals surface area contributed by atoms with Crippen molar-refractivity contribution in [2.45, 2.75) is 19.3 Å². The van der Waals surface area contributed by atoms with Crippen LogP contribution in [-0.2, 0) is 0 Å². The second-order valence-corrected chi connectivity index (χ2v) is 2.88. The van der Waals surface area contributed by atoms with E-state index in [-0.39, 0.29) is 0 Å². The average molecular weight is 159 g/mol. The molecule has 0 bridgehead atoms. The summed E-state index contributed by atoms with van der Waals surface area (Å²) in [7, 11) is 0. The molecule has 0 unspecified atom stereocenters. The standard InChI is InChI=1S/C6H13N3S/c7-6(10)9-5-3-1-2-4-8-9/h8H,1-5H2,(H2,7,10). The maximum Gasteiger partial charge on any atom is 0.180 e. The van der Waals surface area contributed by atoms with E-state index in [1.54, 1.807) is 0 Å². The van der Waals surface area contributed by atoms with E-state index in [9.17, 15) is 0 Å². The molecule has 0 atom stereocenters. The van der Waals surface area contributed by atoms with E-state index in [0.29, 0.717) is 5.11 Å². The lowest BCUT2D eigenvalue weighted by atomic mass is 10.2. The second kappa shape index (κ2) is 3.73. The molecule has 0 aliphatic carbocycles. The van der Waals surface area contributed by atoms with E-state index < -0.39 is 0 Å². The van der Waals surface area contributed by atoms with Crippen LogP contribution in [0.15, 0.2) is 0 Å². The summed E-state index contributed by atoms with van der Waals surface area (Å²) >= 11 is 4.82. The zero-order valence-corrected chi connectivity index (χ0v) is 6.78. The van der Waals surface area contributed by atoms with Crippen LogP contribution < -0.4 is 11.2 Å². The van der Waals surface area contributed by atoms with Gasteiger partial charge in [0.25, 0.3) is 0 Å². The van der Waals surface area contributed by atoms with Crippen LogP contribution in [0.25, 0.3) is 0 Å². The summed E-state index contributed by atoms with van der Waals surface area (Å²) in [6.07, 6.45) is 3.68. The third-order valence-electron chi connectivity index (χ3n) is 1.63. The number of rotatable bonds is 0. The molecule has 0 amide bonds. The fraction of sp³-hybridized carbons (Fsp3) is 0.833. The van der Waals surface area contributed by atoms with Gasteiger partial charge in [-0.2, -0.15) is 0 Å². The molecule has 1 rings (SSSR count). The van der Waals surface area contributed by atoms with Crippen LogP contribution in [-0.4, -0.2) is 23.2 Å². The minimum absolute atomic E-state index is 0.460. The van der Waals surface area contributed by atoms with Gasteiger partial charge >= 0.3 is 0 Å². The van der Waals surface area contributed by atoms with Gasteiger partial charge in [0.05, 0.1) is 0 Å². The fourth-order valence-corrected chi connectivity index (χ4v) is 1.21. The molecule has 1 aliphatic heterocycles. The second-order valence-electron chi connectivity index (χ2n) is 2.46. The molecule has 0 aromatic carbocycles. The van der Waals surface area contributed by atoms with Crippen molar-refractivity contribution in [1.29, 1.82) is 0 Å². The molecule has 1 saturated heterocycles. The summed E-state index contributed by atoms with van der Waals surface area (Å²) in [5, 5.41) is 2.31. The quantitative estimate of drug-likeness (QED) is 0.496. The Balaban J connectivity index is 2.35. The van der Waals surface area contributed by atoms with Crippen molar-refractivity contribution in [2.75, 3.05) is 13.1 Å². The van der Waals surface area contributed by atoms with E-state index >= 15 is 0 Å². The first-order valence-corrected chi connectivity index (χ1v) is 4.02. The zero-order valence-electron chi connectivity index (χ0n) is 5.97. The third-order valence-corrected chi connectivity index (χ3v) is 1.85. The van der Waals surface area contributed by atoms with Gasteiger partial charge in [-0.25, -0.2) is 5.43 Å². The average Bonchev–Trinajstić information content (AvgIpc) is 2.12. The summed E-state index contributed by atoms with van der Waals surface area (Å²) in [6.45, 7) is 1.95. The summed E-state index contributed by atoms with van der Waals surface area (Å²) < 4.78 is 0. The van der Waals surface area contributed by atoms with Crippen molar-refractivity contribution in [3.8, 4) is 0 Å². The molecule has 0 saturated carbocycles. The molecule has 1 aliphatic rings. The number of hydrazine groups is 1. The monoisotopic (exact) mass is 159 g/mol. The Morgan fingerprint density at radius 2 is 2.20 bits per heavy atom. The van der Waals surface area contributed by atoms with Gasteiger partial charge in [-0.1, -0.05) is 6.42 Å². The minimum atomic E-state index is 0.460. The lowest BCUT2D eigenvalue weighted by Gasteiger charge is -2.20. The normalized spacial score (nSPS) is 20.2. The van der Waals surface area contributed by atoms with Crippen molar-refractivity contribution in [3.63, 3.8) is 0 Å². The predicted molar refractivity (Wildman–Crippen MR) is 45.3 cm³/mol. The third kappa shape index (κ3) is 2.11. The number of nitrogens with one attached hydrogen (secondary N) is 1. The first-order chi connectivity index (χ1) is 4.80. The smallest absolute Gasteiger partial charge is 0.180 e. The van der Waals surface area contributed by atoms with Gasteiger partial charge in [-0.15, -0.1) is 0 Å². The Morgan fingerprint density at radius 3 is 2.90 bits per heavy atom. The molecule has 1 heterocycles. The van der Waals surface area contributed by atoms with Crippen LogP contribution in [0, 0.1) is 0 Å². The van der Waals surface area contributed by atoms with Gasteiger partial charge < -0.3 is 5.73 Å². The van der Waals surface area contributed by atoms with Crippen molar-refractivity contribution in [3.05, 3.63) is 0 Å². The van der Waals surface area contributed by atoms with E-state index in [1.807, 2.05) is 5.01 Å². The number of hydrogen-bond donors (Lipinski definition) is 2. The topological polar surface area (TPSA) is 41.3 Å². The van der Waals surface area contributed by atoms with Crippen LogP contribution in [0.3, 0.4) is 0 Å². The van der Waals surface area contributed by atoms with Gasteiger partial charge in [0.1, 0.15) is 0 Å². The number of thiocarbonyl (C=S) groups is 1. The molecule has 0 aromatic heterocycles. The van der Waals surface area contributed by atoms with Crippen molar-refractivity contribution in [1.82, 2.24) is 10.4 Å². The van der Waals surface area contributed by atoms with Crippen LogP contribution in [0.4, 0.5) is 0 Å². The summed E-state index contributed by atoms with van der Waals surface area (Å²) in [6, 6.07) is 0. The lowest BCUT2D eigenvalue weighted by Crippen LogP contribution is -2.45. The molecule has 10 heavy (non-hydrogen) atoms. The number of nitrogens with zero attached hydrogens (tertiary/aromatic N) is 1. The van der Waals surface area contributed by atoms with Crippen LogP contribution in [0.2, 0.25) is 0 Å². The van der Waals surface area contributed by atoms with E-state index in [0.717, 1.165) is 13.1 Å². The van der Waals surface area contributed by atoms with Crippen LogP contribution in [0.5, 0.6) is 0 Å². The van der Waals surface area contributed by atoms with Crippen LogP contribution in [0.1, 0.15) is 19.3 Å².